The van der Waals surface area contributed by atoms with Crippen molar-refractivity contribution in [1.82, 2.24) is 0 Å². The second-order valence-electron chi connectivity index (χ2n) is 22.7. The molecule has 0 aliphatic carbocycles. The molecule has 0 aromatic rings. The van der Waals surface area contributed by atoms with Gasteiger partial charge in [0, 0.05) is 12.8 Å². The van der Waals surface area contributed by atoms with E-state index in [0.717, 1.165) is 44.9 Å². The van der Waals surface area contributed by atoms with Gasteiger partial charge in [-0.05, 0) is 44.9 Å². The van der Waals surface area contributed by atoms with Crippen molar-refractivity contribution >= 4 is 17.9 Å². The largest absolute Gasteiger partial charge is 0.477 e. The van der Waals surface area contributed by atoms with Crippen LogP contribution in [-0.4, -0.2) is 87.4 Å². The first kappa shape index (κ1) is 70.8. The number of carboxylic acids is 1. The van der Waals surface area contributed by atoms with Crippen LogP contribution < -0.4 is 0 Å². The number of esters is 2. The Bertz CT molecular complexity index is 1250. The Balaban J connectivity index is 4.15. The number of carboxylic acid groups (broad SMARTS) is 1. The van der Waals surface area contributed by atoms with Gasteiger partial charge in [-0.3, -0.25) is 9.59 Å². The molecule has 2 atom stereocenters. The second kappa shape index (κ2) is 56.0. The number of quaternary nitrogens is 1. The van der Waals surface area contributed by atoms with E-state index >= 15 is 0 Å². The molecule has 0 aliphatic rings. The van der Waals surface area contributed by atoms with E-state index in [0.29, 0.717) is 17.4 Å². The fourth-order valence-electron chi connectivity index (χ4n) is 9.34. The number of aliphatic carboxylic acids is 1. The Hall–Kier alpha value is -2.23. The lowest BCUT2D eigenvalue weighted by Gasteiger charge is -2.25. The lowest BCUT2D eigenvalue weighted by atomic mass is 10.0. The normalized spacial score (nSPS) is 12.8. The predicted octanol–water partition coefficient (Wildman–Crippen LogP) is 18.7. The van der Waals surface area contributed by atoms with Gasteiger partial charge in [0.25, 0.3) is 6.29 Å². The van der Waals surface area contributed by atoms with Crippen molar-refractivity contribution in [3.63, 3.8) is 0 Å². The summed E-state index contributed by atoms with van der Waals surface area (Å²) in [6.45, 7) is 4.93. The zero-order valence-corrected chi connectivity index (χ0v) is 49.1. The van der Waals surface area contributed by atoms with Gasteiger partial charge in [0.2, 0.25) is 0 Å². The monoisotopic (exact) mass is 1030 g/mol. The number of rotatable bonds is 59. The lowest BCUT2D eigenvalue weighted by molar-refractivity contribution is -0.870. The Labute approximate surface area is 452 Å². The van der Waals surface area contributed by atoms with Crippen LogP contribution in [0.25, 0.3) is 0 Å². The van der Waals surface area contributed by atoms with E-state index < -0.39 is 24.3 Å². The van der Waals surface area contributed by atoms with E-state index in [2.05, 4.69) is 38.2 Å². The molecular formula is C64H122NO8+. The van der Waals surface area contributed by atoms with Crippen LogP contribution in [0.1, 0.15) is 309 Å². The minimum Gasteiger partial charge on any atom is -0.477 e. The molecule has 0 radical (unpaired) electrons. The highest BCUT2D eigenvalue weighted by Gasteiger charge is 2.25. The number of carbonyl (C=O) groups excluding carboxylic acids is 2. The van der Waals surface area contributed by atoms with Crippen LogP contribution in [-0.2, 0) is 33.3 Å². The summed E-state index contributed by atoms with van der Waals surface area (Å²) in [4.78, 5) is 37.5. The molecule has 0 saturated carbocycles. The fourth-order valence-corrected chi connectivity index (χ4v) is 9.34. The molecule has 0 saturated heterocycles. The minimum absolute atomic E-state index is 0.177. The predicted molar refractivity (Wildman–Crippen MR) is 309 cm³/mol. The molecule has 430 valence electrons. The third kappa shape index (κ3) is 57.3. The first-order valence-electron chi connectivity index (χ1n) is 31.5. The Morgan fingerprint density at radius 1 is 0.411 bits per heavy atom. The SMILES string of the molecule is CCCCCCC/C=C\C/C=C\CCCCCCCCCCCCCC(=O)OC(COC(=O)CCCCCCCCCCCCCCCCCCCCCCCCCCC)COC(OCC[N+](C)(C)C)C(=O)O. The van der Waals surface area contributed by atoms with Gasteiger partial charge in [-0.25, -0.2) is 4.79 Å². The van der Waals surface area contributed by atoms with Gasteiger partial charge in [0.15, 0.2) is 6.10 Å². The van der Waals surface area contributed by atoms with Gasteiger partial charge in [-0.2, -0.15) is 0 Å². The number of ether oxygens (including phenoxy) is 4. The number of unbranched alkanes of at least 4 members (excludes halogenated alkanes) is 40. The van der Waals surface area contributed by atoms with E-state index in [1.165, 1.54) is 238 Å². The van der Waals surface area contributed by atoms with Gasteiger partial charge in [-0.15, -0.1) is 0 Å². The second-order valence-corrected chi connectivity index (χ2v) is 22.7. The average Bonchev–Trinajstić information content (AvgIpc) is 3.36. The van der Waals surface area contributed by atoms with Gasteiger partial charge in [0.05, 0.1) is 34.4 Å². The topological polar surface area (TPSA) is 108 Å². The van der Waals surface area contributed by atoms with Gasteiger partial charge < -0.3 is 28.5 Å². The van der Waals surface area contributed by atoms with Crippen LogP contribution in [0.15, 0.2) is 24.3 Å². The Kier molecular flexibility index (Phi) is 54.3. The van der Waals surface area contributed by atoms with Crippen LogP contribution in [0.4, 0.5) is 0 Å². The van der Waals surface area contributed by atoms with Crippen molar-refractivity contribution in [2.45, 2.75) is 322 Å². The Morgan fingerprint density at radius 3 is 1.08 bits per heavy atom. The number of nitrogens with zero attached hydrogens (tertiary/aromatic N) is 1. The zero-order chi connectivity index (χ0) is 53.4. The molecule has 0 spiro atoms. The molecule has 9 nitrogen and oxygen atoms in total. The quantitative estimate of drug-likeness (QED) is 0.0211. The fraction of sp³-hybridized carbons (Fsp3) is 0.891. The van der Waals surface area contributed by atoms with E-state index in [9.17, 15) is 19.5 Å². The third-order valence-electron chi connectivity index (χ3n) is 14.2. The molecule has 0 aromatic heterocycles. The van der Waals surface area contributed by atoms with Crippen molar-refractivity contribution in [2.75, 3.05) is 47.5 Å². The molecule has 9 heteroatoms. The maximum atomic E-state index is 12.9. The summed E-state index contributed by atoms with van der Waals surface area (Å²) < 4.78 is 22.9. The summed E-state index contributed by atoms with van der Waals surface area (Å²) in [5.41, 5.74) is 0. The zero-order valence-electron chi connectivity index (χ0n) is 49.1. The van der Waals surface area contributed by atoms with Crippen LogP contribution in [0.3, 0.4) is 0 Å². The van der Waals surface area contributed by atoms with Gasteiger partial charge in [0.1, 0.15) is 13.2 Å². The number of hydrogen-bond acceptors (Lipinski definition) is 7. The average molecular weight is 1030 g/mol. The molecule has 0 bridgehead atoms. The van der Waals surface area contributed by atoms with Gasteiger partial charge in [-0.1, -0.05) is 276 Å². The van der Waals surface area contributed by atoms with Crippen LogP contribution in [0.5, 0.6) is 0 Å². The molecule has 73 heavy (non-hydrogen) atoms. The highest BCUT2D eigenvalue weighted by Crippen LogP contribution is 2.18. The summed E-state index contributed by atoms with van der Waals surface area (Å²) in [5.74, 6) is -1.98. The van der Waals surface area contributed by atoms with E-state index in [-0.39, 0.29) is 32.2 Å². The van der Waals surface area contributed by atoms with E-state index in [4.69, 9.17) is 18.9 Å². The molecule has 0 fully saturated rings. The first-order chi connectivity index (χ1) is 35.6. The Morgan fingerprint density at radius 2 is 0.740 bits per heavy atom. The van der Waals surface area contributed by atoms with Crippen LogP contribution in [0, 0.1) is 0 Å². The summed E-state index contributed by atoms with van der Waals surface area (Å²) in [7, 11) is 5.98. The van der Waals surface area contributed by atoms with Crippen molar-refractivity contribution in [3.8, 4) is 0 Å². The molecular weight excluding hydrogens is 911 g/mol. The van der Waals surface area contributed by atoms with Crippen LogP contribution in [0.2, 0.25) is 0 Å². The minimum atomic E-state index is -1.51. The number of hydrogen-bond donors (Lipinski definition) is 1. The number of likely N-dealkylation sites (N-methyl/N-ethyl adjacent to an activating group) is 1. The van der Waals surface area contributed by atoms with Gasteiger partial charge >= 0.3 is 17.9 Å². The first-order valence-corrected chi connectivity index (χ1v) is 31.5. The smallest absolute Gasteiger partial charge is 0.361 e. The highest BCUT2D eigenvalue weighted by atomic mass is 16.7. The summed E-state index contributed by atoms with van der Waals surface area (Å²) in [5, 5.41) is 9.72. The number of carbonyl (C=O) groups is 3. The van der Waals surface area contributed by atoms with Crippen molar-refractivity contribution < 1.29 is 42.9 Å². The third-order valence-corrected chi connectivity index (χ3v) is 14.2. The molecule has 0 rings (SSSR count). The summed E-state index contributed by atoms with van der Waals surface area (Å²) in [6.07, 6.45) is 64.1. The lowest BCUT2D eigenvalue weighted by Crippen LogP contribution is -2.40. The molecule has 1 N–H and O–H groups in total. The maximum Gasteiger partial charge on any atom is 0.361 e. The standard InChI is InChI=1S/C64H121NO8/c1-6-8-10-12-14-16-18-20-22-24-26-28-30-31-33-34-36-38-40-42-44-46-48-50-52-54-61(66)71-58-60(59-72-64(63(68)69)70-57-56-65(3,4)5)73-62(67)55-53-51-49-47-45-43-41-39-37-35-32-29-27-25-23-21-19-17-15-13-11-9-7-2/h19,21,25,27,60,64H,6-18,20,22-24,26,28-59H2,1-5H3/p+1/b21-19-,27-25-. The highest BCUT2D eigenvalue weighted by molar-refractivity contribution is 5.71. The molecule has 0 aliphatic heterocycles. The van der Waals surface area contributed by atoms with Crippen molar-refractivity contribution in [1.29, 1.82) is 0 Å². The van der Waals surface area contributed by atoms with Crippen molar-refractivity contribution in [3.05, 3.63) is 24.3 Å². The van der Waals surface area contributed by atoms with E-state index in [1.54, 1.807) is 0 Å². The van der Waals surface area contributed by atoms with Crippen molar-refractivity contribution in [2.24, 2.45) is 0 Å². The molecule has 0 heterocycles. The van der Waals surface area contributed by atoms with Crippen LogP contribution >= 0.6 is 0 Å². The van der Waals surface area contributed by atoms with E-state index in [1.807, 2.05) is 21.1 Å². The molecule has 2 unspecified atom stereocenters. The summed E-state index contributed by atoms with van der Waals surface area (Å²) in [6, 6.07) is 0. The number of allylic oxidation sites excluding steroid dienone is 4. The summed E-state index contributed by atoms with van der Waals surface area (Å²) >= 11 is 0. The molecule has 0 amide bonds. The molecule has 0 aromatic carbocycles. The maximum absolute atomic E-state index is 12.9.